The third kappa shape index (κ3) is 5.67. The number of rotatable bonds is 8. The van der Waals surface area contributed by atoms with E-state index in [2.05, 4.69) is 33.5 Å². The third-order valence-electron chi connectivity index (χ3n) is 4.50. The van der Waals surface area contributed by atoms with Gasteiger partial charge >= 0.3 is 0 Å². The molecular formula is C23H24N4O2S. The smallest absolute Gasteiger partial charge is 0.228 e. The summed E-state index contributed by atoms with van der Waals surface area (Å²) >= 11 is 1.89. The van der Waals surface area contributed by atoms with E-state index >= 15 is 0 Å². The molecule has 1 saturated heterocycles. The van der Waals surface area contributed by atoms with Crippen LogP contribution in [0.2, 0.25) is 0 Å². The van der Waals surface area contributed by atoms with E-state index in [-0.39, 0.29) is 0 Å². The Morgan fingerprint density at radius 2 is 1.90 bits per heavy atom. The van der Waals surface area contributed by atoms with Crippen LogP contribution in [-0.2, 0) is 0 Å². The molecular weight excluding hydrogens is 396 g/mol. The highest BCUT2D eigenvalue weighted by atomic mass is 32.2. The Balaban J connectivity index is 1.28. The van der Waals surface area contributed by atoms with Gasteiger partial charge in [-0.15, -0.1) is 11.8 Å². The van der Waals surface area contributed by atoms with Gasteiger partial charge < -0.3 is 19.7 Å². The number of hydrogen-bond acceptors (Lipinski definition) is 7. The molecule has 0 amide bonds. The van der Waals surface area contributed by atoms with Gasteiger partial charge in [-0.25, -0.2) is 4.98 Å². The van der Waals surface area contributed by atoms with Crippen molar-refractivity contribution >= 4 is 23.8 Å². The molecule has 0 aliphatic carbocycles. The molecule has 3 aromatic rings. The number of benzene rings is 2. The van der Waals surface area contributed by atoms with Crippen LogP contribution in [0.4, 0.5) is 5.95 Å². The van der Waals surface area contributed by atoms with Crippen molar-refractivity contribution in [3.05, 3.63) is 78.1 Å². The number of nitrogens with zero attached hydrogens (tertiary/aromatic N) is 3. The quantitative estimate of drug-likeness (QED) is 0.579. The lowest BCUT2D eigenvalue weighted by atomic mass is 10.2. The highest BCUT2D eigenvalue weighted by molar-refractivity contribution is 7.99. The number of hydrogen-bond donors (Lipinski definition) is 1. The minimum Gasteiger partial charge on any atom is -0.492 e. The van der Waals surface area contributed by atoms with Crippen molar-refractivity contribution < 1.29 is 9.47 Å². The number of ether oxygens (including phenoxy) is 2. The van der Waals surface area contributed by atoms with Crippen LogP contribution in [0.1, 0.15) is 5.56 Å². The van der Waals surface area contributed by atoms with Crippen LogP contribution < -0.4 is 19.7 Å². The zero-order valence-electron chi connectivity index (χ0n) is 16.8. The van der Waals surface area contributed by atoms with Crippen molar-refractivity contribution in [3.63, 3.8) is 0 Å². The average molecular weight is 421 g/mol. The normalized spacial score (nSPS) is 14.4. The second kappa shape index (κ2) is 10.0. The molecule has 1 aliphatic rings. The number of thioether (sulfide) groups is 1. The molecule has 7 heteroatoms. The van der Waals surface area contributed by atoms with Crippen molar-refractivity contribution in [1.29, 1.82) is 0 Å². The maximum atomic E-state index is 5.88. The van der Waals surface area contributed by atoms with Gasteiger partial charge in [0, 0.05) is 30.8 Å². The standard InChI is InChI=1S/C23H24N4O2S/c1-27(23-24-12-11-22(26-23)29-21-5-3-2-4-6-21)13-14-28-20-9-7-18(8-10-20)15-19-16-30-17-25-19/h2-12,15,25H,13-14,16-17H2,1H3/b19-15-. The number of para-hydroxylation sites is 1. The van der Waals surface area contributed by atoms with Gasteiger partial charge in [0.1, 0.15) is 18.1 Å². The Hall–Kier alpha value is -3.19. The predicted octanol–water partition coefficient (Wildman–Crippen LogP) is 4.42. The molecule has 1 fully saturated rings. The number of likely N-dealkylation sites (N-methyl/N-ethyl adjacent to an activating group) is 1. The predicted molar refractivity (Wildman–Crippen MR) is 122 cm³/mol. The topological polar surface area (TPSA) is 59.5 Å². The zero-order valence-corrected chi connectivity index (χ0v) is 17.6. The van der Waals surface area contributed by atoms with E-state index in [1.807, 2.05) is 66.2 Å². The van der Waals surface area contributed by atoms with Crippen molar-refractivity contribution in [2.75, 3.05) is 36.7 Å². The maximum absolute atomic E-state index is 5.88. The lowest BCUT2D eigenvalue weighted by molar-refractivity contribution is 0.325. The Bertz CT molecular complexity index is 972. The molecule has 2 aromatic carbocycles. The van der Waals surface area contributed by atoms with E-state index in [4.69, 9.17) is 9.47 Å². The van der Waals surface area contributed by atoms with Gasteiger partial charge in [-0.2, -0.15) is 4.98 Å². The second-order valence-electron chi connectivity index (χ2n) is 6.79. The van der Waals surface area contributed by atoms with Crippen LogP contribution in [-0.4, -0.2) is 41.8 Å². The molecule has 6 nitrogen and oxygen atoms in total. The van der Waals surface area contributed by atoms with Gasteiger partial charge in [0.2, 0.25) is 11.8 Å². The first-order valence-corrected chi connectivity index (χ1v) is 10.9. The molecule has 30 heavy (non-hydrogen) atoms. The van der Waals surface area contributed by atoms with Gasteiger partial charge in [0.05, 0.1) is 12.4 Å². The average Bonchev–Trinajstić information content (AvgIpc) is 3.29. The van der Waals surface area contributed by atoms with Gasteiger partial charge in [0.15, 0.2) is 0 Å². The van der Waals surface area contributed by atoms with Gasteiger partial charge in [0.25, 0.3) is 0 Å². The van der Waals surface area contributed by atoms with Crippen LogP contribution in [0.25, 0.3) is 6.08 Å². The summed E-state index contributed by atoms with van der Waals surface area (Å²) in [5, 5.41) is 3.37. The molecule has 2 heterocycles. The van der Waals surface area contributed by atoms with Gasteiger partial charge in [-0.1, -0.05) is 30.3 Å². The highest BCUT2D eigenvalue weighted by Gasteiger charge is 2.08. The molecule has 0 bridgehead atoms. The van der Waals surface area contributed by atoms with E-state index in [9.17, 15) is 0 Å². The largest absolute Gasteiger partial charge is 0.492 e. The molecule has 1 aromatic heterocycles. The summed E-state index contributed by atoms with van der Waals surface area (Å²) < 4.78 is 11.7. The Morgan fingerprint density at radius 1 is 1.07 bits per heavy atom. The van der Waals surface area contributed by atoms with Crippen molar-refractivity contribution in [2.24, 2.45) is 0 Å². The van der Waals surface area contributed by atoms with Crippen molar-refractivity contribution in [1.82, 2.24) is 15.3 Å². The Morgan fingerprint density at radius 3 is 2.67 bits per heavy atom. The van der Waals surface area contributed by atoms with E-state index in [1.54, 1.807) is 12.3 Å². The number of nitrogens with one attached hydrogen (secondary N) is 1. The molecule has 154 valence electrons. The maximum Gasteiger partial charge on any atom is 0.228 e. The fourth-order valence-corrected chi connectivity index (χ4v) is 3.69. The summed E-state index contributed by atoms with van der Waals surface area (Å²) in [6.45, 7) is 1.18. The summed E-state index contributed by atoms with van der Waals surface area (Å²) in [6.07, 6.45) is 3.88. The molecule has 4 rings (SSSR count). The number of anilines is 1. The van der Waals surface area contributed by atoms with E-state index < -0.39 is 0 Å². The Kier molecular flexibility index (Phi) is 6.72. The second-order valence-corrected chi connectivity index (χ2v) is 7.77. The van der Waals surface area contributed by atoms with Crippen LogP contribution in [0.15, 0.2) is 72.6 Å². The van der Waals surface area contributed by atoms with Crippen LogP contribution in [0.3, 0.4) is 0 Å². The van der Waals surface area contributed by atoms with Gasteiger partial charge in [-0.3, -0.25) is 0 Å². The molecule has 0 atom stereocenters. The lowest BCUT2D eigenvalue weighted by Crippen LogP contribution is -2.25. The Labute approximate surface area is 181 Å². The molecule has 1 N–H and O–H groups in total. The number of aromatic nitrogens is 2. The first-order valence-electron chi connectivity index (χ1n) is 9.78. The van der Waals surface area contributed by atoms with Crippen molar-refractivity contribution in [2.45, 2.75) is 0 Å². The summed E-state index contributed by atoms with van der Waals surface area (Å²) in [5.74, 6) is 4.74. The first-order chi connectivity index (χ1) is 14.8. The molecule has 1 aliphatic heterocycles. The van der Waals surface area contributed by atoms with Crippen LogP contribution >= 0.6 is 11.8 Å². The molecule has 0 unspecified atom stereocenters. The lowest BCUT2D eigenvalue weighted by Gasteiger charge is -2.17. The SMILES string of the molecule is CN(CCOc1ccc(/C=C2/CSCN2)cc1)c1nccc(Oc2ccccc2)n1. The highest BCUT2D eigenvalue weighted by Crippen LogP contribution is 2.21. The minimum absolute atomic E-state index is 0.513. The molecule has 0 spiro atoms. The summed E-state index contributed by atoms with van der Waals surface area (Å²) in [5.41, 5.74) is 2.45. The van der Waals surface area contributed by atoms with E-state index in [0.29, 0.717) is 25.0 Å². The van der Waals surface area contributed by atoms with E-state index in [0.717, 1.165) is 23.1 Å². The van der Waals surface area contributed by atoms with Crippen LogP contribution in [0, 0.1) is 0 Å². The molecule has 0 saturated carbocycles. The zero-order chi connectivity index (χ0) is 20.6. The summed E-state index contributed by atoms with van der Waals surface area (Å²) in [7, 11) is 1.94. The monoisotopic (exact) mass is 420 g/mol. The fraction of sp³-hybridized carbons (Fsp3) is 0.217. The van der Waals surface area contributed by atoms with Gasteiger partial charge in [-0.05, 0) is 35.9 Å². The first kappa shape index (κ1) is 20.1. The molecule has 0 radical (unpaired) electrons. The fourth-order valence-electron chi connectivity index (χ4n) is 2.89. The third-order valence-corrected chi connectivity index (χ3v) is 5.36. The summed E-state index contributed by atoms with van der Waals surface area (Å²) in [6, 6.07) is 19.5. The van der Waals surface area contributed by atoms with Crippen LogP contribution in [0.5, 0.6) is 17.4 Å². The van der Waals surface area contributed by atoms with E-state index in [1.165, 1.54) is 11.3 Å². The minimum atomic E-state index is 0.513. The summed E-state index contributed by atoms with van der Waals surface area (Å²) in [4.78, 5) is 10.8. The van der Waals surface area contributed by atoms with Crippen molar-refractivity contribution in [3.8, 4) is 17.4 Å².